The van der Waals surface area contributed by atoms with Crippen LogP contribution in [0.2, 0.25) is 0 Å². The van der Waals surface area contributed by atoms with Crippen LogP contribution in [0.3, 0.4) is 0 Å². The van der Waals surface area contributed by atoms with Crippen molar-refractivity contribution in [2.45, 2.75) is 38.6 Å². The maximum Gasteiger partial charge on any atom is 0.341 e. The molecule has 110 valence electrons. The molecule has 1 unspecified atom stereocenters. The summed E-state index contributed by atoms with van der Waals surface area (Å²) in [5, 5.41) is 3.49. The lowest BCUT2D eigenvalue weighted by Crippen LogP contribution is -2.35. The zero-order chi connectivity index (χ0) is 14.2. The highest BCUT2D eigenvalue weighted by atomic mass is 16.5. The predicted octanol–water partition coefficient (Wildman–Crippen LogP) is 2.77. The lowest BCUT2D eigenvalue weighted by atomic mass is 10.0. The van der Waals surface area contributed by atoms with Crippen LogP contribution >= 0.6 is 0 Å². The van der Waals surface area contributed by atoms with E-state index >= 15 is 0 Å². The molecule has 20 heavy (non-hydrogen) atoms. The summed E-state index contributed by atoms with van der Waals surface area (Å²) in [7, 11) is 0. The molecule has 1 atom stereocenters. The molecular formula is C16H23NO3. The maximum atomic E-state index is 11.8. The van der Waals surface area contributed by atoms with Gasteiger partial charge in [0, 0.05) is 6.04 Å². The van der Waals surface area contributed by atoms with Crippen LogP contribution in [-0.4, -0.2) is 31.8 Å². The van der Waals surface area contributed by atoms with E-state index in [0.29, 0.717) is 30.6 Å². The van der Waals surface area contributed by atoms with Gasteiger partial charge in [-0.2, -0.15) is 0 Å². The van der Waals surface area contributed by atoms with Gasteiger partial charge in [-0.3, -0.25) is 0 Å². The Bertz CT molecular complexity index is 427. The van der Waals surface area contributed by atoms with E-state index < -0.39 is 0 Å². The van der Waals surface area contributed by atoms with Crippen molar-refractivity contribution < 1.29 is 14.3 Å². The molecule has 1 fully saturated rings. The minimum absolute atomic E-state index is 0.320. The van der Waals surface area contributed by atoms with E-state index in [1.165, 1.54) is 19.3 Å². The molecule has 1 saturated heterocycles. The summed E-state index contributed by atoms with van der Waals surface area (Å²) >= 11 is 0. The minimum atomic E-state index is -0.320. The molecule has 0 amide bonds. The highest BCUT2D eigenvalue weighted by molar-refractivity contribution is 5.92. The number of hydrogen-bond donors (Lipinski definition) is 1. The number of hydrogen-bond acceptors (Lipinski definition) is 4. The van der Waals surface area contributed by atoms with Crippen molar-refractivity contribution in [3.05, 3.63) is 29.8 Å². The summed E-state index contributed by atoms with van der Waals surface area (Å²) in [5.74, 6) is 0.292. The van der Waals surface area contributed by atoms with Gasteiger partial charge in [-0.15, -0.1) is 0 Å². The van der Waals surface area contributed by atoms with E-state index in [0.717, 1.165) is 13.0 Å². The number of piperidine rings is 1. The van der Waals surface area contributed by atoms with Crippen LogP contribution in [0.25, 0.3) is 0 Å². The summed E-state index contributed by atoms with van der Waals surface area (Å²) in [5.41, 5.74) is 0.506. The van der Waals surface area contributed by atoms with Crippen molar-refractivity contribution in [2.75, 3.05) is 19.8 Å². The molecular weight excluding hydrogens is 254 g/mol. The fraction of sp³-hybridized carbons (Fsp3) is 0.562. The van der Waals surface area contributed by atoms with Gasteiger partial charge < -0.3 is 14.8 Å². The Morgan fingerprint density at radius 3 is 2.95 bits per heavy atom. The molecule has 1 N–H and O–H groups in total. The summed E-state index contributed by atoms with van der Waals surface area (Å²) < 4.78 is 10.8. The van der Waals surface area contributed by atoms with Gasteiger partial charge in [0.05, 0.1) is 13.2 Å². The third kappa shape index (κ3) is 4.23. The Hall–Kier alpha value is -1.55. The first-order chi connectivity index (χ1) is 9.81. The monoisotopic (exact) mass is 277 g/mol. The number of nitrogens with one attached hydrogen (secondary N) is 1. The number of carbonyl (C=O) groups is 1. The molecule has 0 spiro atoms. The fourth-order valence-corrected chi connectivity index (χ4v) is 2.45. The fourth-order valence-electron chi connectivity index (χ4n) is 2.45. The first kappa shape index (κ1) is 14.9. The molecule has 1 aromatic rings. The van der Waals surface area contributed by atoms with Crippen LogP contribution in [0.4, 0.5) is 0 Å². The van der Waals surface area contributed by atoms with Crippen LogP contribution < -0.4 is 10.1 Å². The van der Waals surface area contributed by atoms with E-state index in [1.807, 2.05) is 18.2 Å². The number of rotatable bonds is 6. The molecule has 1 aromatic carbocycles. The minimum Gasteiger partial charge on any atom is -0.493 e. The van der Waals surface area contributed by atoms with Crippen LogP contribution in [0, 0.1) is 0 Å². The second-order valence-corrected chi connectivity index (χ2v) is 5.00. The average Bonchev–Trinajstić information content (AvgIpc) is 2.49. The normalized spacial score (nSPS) is 18.6. The maximum absolute atomic E-state index is 11.8. The first-order valence-electron chi connectivity index (χ1n) is 7.43. The van der Waals surface area contributed by atoms with Crippen LogP contribution in [0.1, 0.15) is 43.0 Å². The van der Waals surface area contributed by atoms with E-state index in [1.54, 1.807) is 13.0 Å². The molecule has 1 heterocycles. The Morgan fingerprint density at radius 2 is 2.20 bits per heavy atom. The Labute approximate surface area is 120 Å². The molecule has 4 nitrogen and oxygen atoms in total. The summed E-state index contributed by atoms with van der Waals surface area (Å²) in [6.45, 7) is 3.90. The van der Waals surface area contributed by atoms with Crippen molar-refractivity contribution >= 4 is 5.97 Å². The molecule has 4 heteroatoms. The van der Waals surface area contributed by atoms with Gasteiger partial charge in [0.1, 0.15) is 11.3 Å². The Morgan fingerprint density at radius 1 is 1.35 bits per heavy atom. The summed E-state index contributed by atoms with van der Waals surface area (Å²) in [6, 6.07) is 7.80. The quantitative estimate of drug-likeness (QED) is 0.812. The lowest BCUT2D eigenvalue weighted by molar-refractivity contribution is 0.0521. The molecule has 0 aromatic heterocycles. The number of ether oxygens (including phenoxy) is 2. The second kappa shape index (κ2) is 7.90. The highest BCUT2D eigenvalue weighted by Crippen LogP contribution is 2.20. The largest absolute Gasteiger partial charge is 0.493 e. The first-order valence-corrected chi connectivity index (χ1v) is 7.43. The van der Waals surface area contributed by atoms with Crippen molar-refractivity contribution in [3.63, 3.8) is 0 Å². The van der Waals surface area contributed by atoms with Gasteiger partial charge in [-0.1, -0.05) is 18.6 Å². The topological polar surface area (TPSA) is 47.6 Å². The average molecular weight is 277 g/mol. The molecule has 0 aliphatic carbocycles. The molecule has 0 radical (unpaired) electrons. The van der Waals surface area contributed by atoms with Crippen LogP contribution in [0.5, 0.6) is 5.75 Å². The summed E-state index contributed by atoms with van der Waals surface area (Å²) in [6.07, 6.45) is 4.74. The molecule has 0 bridgehead atoms. The second-order valence-electron chi connectivity index (χ2n) is 5.00. The number of benzene rings is 1. The van der Waals surface area contributed by atoms with Crippen molar-refractivity contribution in [1.82, 2.24) is 5.32 Å². The van der Waals surface area contributed by atoms with E-state index in [4.69, 9.17) is 9.47 Å². The van der Waals surface area contributed by atoms with Crippen molar-refractivity contribution in [3.8, 4) is 5.75 Å². The lowest BCUT2D eigenvalue weighted by Gasteiger charge is -2.23. The Balaban J connectivity index is 1.86. The van der Waals surface area contributed by atoms with Gasteiger partial charge in [-0.25, -0.2) is 4.79 Å². The standard InChI is InChI=1S/C16H23NO3/c1-2-19-16(18)14-8-3-4-9-15(14)20-12-10-13-7-5-6-11-17-13/h3-4,8-9,13,17H,2,5-7,10-12H2,1H3. The zero-order valence-electron chi connectivity index (χ0n) is 12.1. The zero-order valence-corrected chi connectivity index (χ0v) is 12.1. The molecule has 1 aliphatic heterocycles. The Kier molecular flexibility index (Phi) is 5.87. The molecule has 0 saturated carbocycles. The van der Waals surface area contributed by atoms with Crippen LogP contribution in [-0.2, 0) is 4.74 Å². The van der Waals surface area contributed by atoms with Gasteiger partial charge >= 0.3 is 5.97 Å². The smallest absolute Gasteiger partial charge is 0.341 e. The van der Waals surface area contributed by atoms with Crippen molar-refractivity contribution in [1.29, 1.82) is 0 Å². The predicted molar refractivity (Wildman–Crippen MR) is 78.2 cm³/mol. The van der Waals surface area contributed by atoms with Gasteiger partial charge in [0.2, 0.25) is 0 Å². The highest BCUT2D eigenvalue weighted by Gasteiger charge is 2.15. The third-order valence-electron chi connectivity index (χ3n) is 3.52. The SMILES string of the molecule is CCOC(=O)c1ccccc1OCCC1CCCCN1. The van der Waals surface area contributed by atoms with E-state index in [-0.39, 0.29) is 5.97 Å². The summed E-state index contributed by atoms with van der Waals surface area (Å²) in [4.78, 5) is 11.8. The van der Waals surface area contributed by atoms with Gasteiger partial charge in [0.15, 0.2) is 0 Å². The number of esters is 1. The molecule has 1 aliphatic rings. The van der Waals surface area contributed by atoms with Crippen LogP contribution in [0.15, 0.2) is 24.3 Å². The van der Waals surface area contributed by atoms with Gasteiger partial charge in [0.25, 0.3) is 0 Å². The number of para-hydroxylation sites is 1. The van der Waals surface area contributed by atoms with E-state index in [2.05, 4.69) is 5.32 Å². The molecule has 2 rings (SSSR count). The van der Waals surface area contributed by atoms with Crippen molar-refractivity contribution in [2.24, 2.45) is 0 Å². The third-order valence-corrected chi connectivity index (χ3v) is 3.52. The van der Waals surface area contributed by atoms with Gasteiger partial charge in [-0.05, 0) is 44.9 Å². The van der Waals surface area contributed by atoms with E-state index in [9.17, 15) is 4.79 Å². The number of carbonyl (C=O) groups excluding carboxylic acids is 1.